The summed E-state index contributed by atoms with van der Waals surface area (Å²) < 4.78 is 4.42. The molecule has 0 saturated heterocycles. The van der Waals surface area contributed by atoms with E-state index in [2.05, 4.69) is 35.6 Å². The lowest BCUT2D eigenvalue weighted by atomic mass is 9.94. The molecule has 0 heterocycles. The minimum absolute atomic E-state index is 0.0833. The molecular weight excluding hydrogens is 336 g/mol. The van der Waals surface area contributed by atoms with E-state index in [1.54, 1.807) is 11.1 Å². The smallest absolute Gasteiger partial charge is 0.305 e. The molecule has 2 rings (SSSR count). The molecule has 1 aromatic rings. The van der Waals surface area contributed by atoms with Crippen LogP contribution in [0.15, 0.2) is 49.1 Å². The van der Waals surface area contributed by atoms with Crippen LogP contribution in [0.2, 0.25) is 0 Å². The summed E-state index contributed by atoms with van der Waals surface area (Å²) in [5.41, 5.74) is 3.19. The minimum atomic E-state index is -0.145. The van der Waals surface area contributed by atoms with Gasteiger partial charge in [-0.25, -0.2) is 0 Å². The molecule has 0 saturated carbocycles. The van der Waals surface area contributed by atoms with Gasteiger partial charge in [-0.05, 0) is 50.2 Å². The molecule has 1 aliphatic carbocycles. The lowest BCUT2D eigenvalue weighted by molar-refractivity contribution is -0.140. The molecule has 0 amide bonds. The highest BCUT2D eigenvalue weighted by Gasteiger charge is 2.04. The maximum atomic E-state index is 10.4. The Hall–Kier alpha value is -1.87. The predicted molar refractivity (Wildman–Crippen MR) is 117 cm³/mol. The number of benzene rings is 1. The van der Waals surface area contributed by atoms with E-state index in [4.69, 9.17) is 5.11 Å². The molecule has 0 spiro atoms. The molecule has 0 atom stereocenters. The number of aryl methyl sites for hydroxylation is 2. The summed E-state index contributed by atoms with van der Waals surface area (Å²) >= 11 is 0. The lowest BCUT2D eigenvalue weighted by Gasteiger charge is -2.12. The molecule has 0 unspecified atom stereocenters. The maximum Gasteiger partial charge on any atom is 0.305 e. The quantitative estimate of drug-likeness (QED) is 0.514. The fraction of sp³-hybridized carbons (Fsp3) is 0.542. The molecule has 0 fully saturated rings. The number of methoxy groups -OCH3 is 1. The first kappa shape index (κ1) is 27.3. The van der Waals surface area contributed by atoms with Crippen LogP contribution in [0.1, 0.15) is 70.4 Å². The zero-order valence-corrected chi connectivity index (χ0v) is 17.9. The first-order chi connectivity index (χ1) is 13.2. The summed E-state index contributed by atoms with van der Waals surface area (Å²) in [7, 11) is 1.40. The second-order valence-corrected chi connectivity index (χ2v) is 5.84. The molecule has 1 aliphatic rings. The van der Waals surface area contributed by atoms with Crippen molar-refractivity contribution in [3.8, 4) is 0 Å². The Bertz CT molecular complexity index is 465. The van der Waals surface area contributed by atoms with E-state index in [0.29, 0.717) is 6.42 Å². The third-order valence-electron chi connectivity index (χ3n) is 3.87. The Balaban J connectivity index is 0. The summed E-state index contributed by atoms with van der Waals surface area (Å²) in [5.74, 6) is -0.145. The molecule has 27 heavy (non-hydrogen) atoms. The highest BCUT2D eigenvalue weighted by Crippen LogP contribution is 2.19. The number of hydrogen-bond acceptors (Lipinski definition) is 3. The van der Waals surface area contributed by atoms with Crippen molar-refractivity contribution in [1.29, 1.82) is 0 Å². The van der Waals surface area contributed by atoms with Gasteiger partial charge in [0, 0.05) is 6.42 Å². The standard InChI is InChI=1S/C12H16.C7H12O2.C3H6O.C2H6/c1-2-4-8-12-10-6-5-9-11(12)7-3-1;1-3-4-5-6-7(8)9-2;1-2-3-4;1-2/h5-6,9-10H,1-4,7-8H2;3-4H,5-6H2,1-2H3;2,4H,1,3H2;1-2H3/b;4-3+;;. The Labute approximate surface area is 167 Å². The molecule has 3 heteroatoms. The molecule has 0 aliphatic heterocycles. The number of hydrogen-bond donors (Lipinski definition) is 1. The molecule has 1 aromatic carbocycles. The average Bonchev–Trinajstić information content (AvgIpc) is 2.71. The summed E-state index contributed by atoms with van der Waals surface area (Å²) in [6.45, 7) is 9.24. The normalized spacial score (nSPS) is 12.3. The highest BCUT2D eigenvalue weighted by molar-refractivity contribution is 5.69. The predicted octanol–water partition coefficient (Wildman–Crippen LogP) is 6.05. The second kappa shape index (κ2) is 22.2. The van der Waals surface area contributed by atoms with Crippen molar-refractivity contribution in [2.45, 2.75) is 72.1 Å². The van der Waals surface area contributed by atoms with Gasteiger partial charge in [0.05, 0.1) is 13.7 Å². The fourth-order valence-corrected chi connectivity index (χ4v) is 2.50. The van der Waals surface area contributed by atoms with E-state index in [0.717, 1.165) is 6.42 Å². The van der Waals surface area contributed by atoms with Crippen LogP contribution in [0.25, 0.3) is 0 Å². The summed E-state index contributed by atoms with van der Waals surface area (Å²) in [6.07, 6.45) is 14.8. The van der Waals surface area contributed by atoms with Gasteiger partial charge in [-0.1, -0.05) is 69.2 Å². The van der Waals surface area contributed by atoms with Crippen LogP contribution in [0.3, 0.4) is 0 Å². The van der Waals surface area contributed by atoms with Gasteiger partial charge in [-0.15, -0.1) is 6.58 Å². The summed E-state index contributed by atoms with van der Waals surface area (Å²) in [5, 5.41) is 7.76. The Kier molecular flexibility index (Phi) is 22.5. The van der Waals surface area contributed by atoms with Gasteiger partial charge in [0.15, 0.2) is 0 Å². The third kappa shape index (κ3) is 17.3. The van der Waals surface area contributed by atoms with Crippen molar-refractivity contribution in [3.05, 3.63) is 60.2 Å². The monoisotopic (exact) mass is 376 g/mol. The van der Waals surface area contributed by atoms with Crippen LogP contribution in [-0.4, -0.2) is 24.8 Å². The van der Waals surface area contributed by atoms with Crippen LogP contribution in [0.5, 0.6) is 0 Å². The SMILES string of the molecule is C/C=C/CCC(=O)OC.C=CCO.CC.c1ccc2c(c1)CCCCCC2. The van der Waals surface area contributed by atoms with E-state index < -0.39 is 0 Å². The van der Waals surface area contributed by atoms with Crippen molar-refractivity contribution in [2.75, 3.05) is 13.7 Å². The van der Waals surface area contributed by atoms with Gasteiger partial charge in [-0.2, -0.15) is 0 Å². The van der Waals surface area contributed by atoms with Crippen LogP contribution >= 0.6 is 0 Å². The van der Waals surface area contributed by atoms with E-state index in [1.807, 2.05) is 32.9 Å². The van der Waals surface area contributed by atoms with Gasteiger partial charge in [0.2, 0.25) is 0 Å². The van der Waals surface area contributed by atoms with Crippen LogP contribution in [0.4, 0.5) is 0 Å². The van der Waals surface area contributed by atoms with E-state index in [1.165, 1.54) is 51.7 Å². The van der Waals surface area contributed by atoms with Crippen LogP contribution in [0, 0.1) is 0 Å². The Morgan fingerprint density at radius 3 is 1.96 bits per heavy atom. The molecular formula is C24H40O3. The van der Waals surface area contributed by atoms with Gasteiger partial charge in [-0.3, -0.25) is 4.79 Å². The molecule has 154 valence electrons. The van der Waals surface area contributed by atoms with E-state index in [-0.39, 0.29) is 12.6 Å². The second-order valence-electron chi connectivity index (χ2n) is 5.84. The van der Waals surface area contributed by atoms with E-state index >= 15 is 0 Å². The van der Waals surface area contributed by atoms with Crippen molar-refractivity contribution < 1.29 is 14.6 Å². The van der Waals surface area contributed by atoms with Gasteiger partial charge < -0.3 is 9.84 Å². The number of aliphatic hydroxyl groups excluding tert-OH is 1. The summed E-state index contributed by atoms with van der Waals surface area (Å²) in [6, 6.07) is 8.92. The van der Waals surface area contributed by atoms with Gasteiger partial charge in [0.25, 0.3) is 0 Å². The number of carbonyl (C=O) groups excluding carboxylic acids is 1. The number of aliphatic hydroxyl groups is 1. The summed E-state index contributed by atoms with van der Waals surface area (Å²) in [4.78, 5) is 10.4. The number of carbonyl (C=O) groups is 1. The maximum absolute atomic E-state index is 10.4. The zero-order chi connectivity index (χ0) is 20.8. The Morgan fingerprint density at radius 1 is 1.11 bits per heavy atom. The van der Waals surface area contributed by atoms with Gasteiger partial charge >= 0.3 is 5.97 Å². The highest BCUT2D eigenvalue weighted by atomic mass is 16.5. The van der Waals surface area contributed by atoms with Crippen molar-refractivity contribution >= 4 is 5.97 Å². The number of fused-ring (bicyclic) bond motifs is 1. The molecule has 0 bridgehead atoms. The number of esters is 1. The first-order valence-electron chi connectivity index (χ1n) is 10.2. The third-order valence-corrected chi connectivity index (χ3v) is 3.87. The van der Waals surface area contributed by atoms with Crippen molar-refractivity contribution in [2.24, 2.45) is 0 Å². The number of ether oxygens (including phenoxy) is 1. The molecule has 3 nitrogen and oxygen atoms in total. The largest absolute Gasteiger partial charge is 0.469 e. The number of rotatable bonds is 4. The van der Waals surface area contributed by atoms with Crippen molar-refractivity contribution in [3.63, 3.8) is 0 Å². The molecule has 0 radical (unpaired) electrons. The topological polar surface area (TPSA) is 46.5 Å². The van der Waals surface area contributed by atoms with Crippen LogP contribution in [-0.2, 0) is 22.4 Å². The zero-order valence-electron chi connectivity index (χ0n) is 17.9. The van der Waals surface area contributed by atoms with E-state index in [9.17, 15) is 4.79 Å². The minimum Gasteiger partial charge on any atom is -0.469 e. The van der Waals surface area contributed by atoms with Crippen LogP contribution < -0.4 is 0 Å². The Morgan fingerprint density at radius 2 is 1.59 bits per heavy atom. The van der Waals surface area contributed by atoms with Crippen molar-refractivity contribution in [1.82, 2.24) is 0 Å². The molecule has 0 aromatic heterocycles. The lowest BCUT2D eigenvalue weighted by Crippen LogP contribution is -1.98. The number of allylic oxidation sites excluding steroid dienone is 2. The first-order valence-corrected chi connectivity index (χ1v) is 10.2. The average molecular weight is 377 g/mol. The van der Waals surface area contributed by atoms with Gasteiger partial charge in [0.1, 0.15) is 0 Å². The fourth-order valence-electron chi connectivity index (χ4n) is 2.50. The molecule has 1 N–H and O–H groups in total.